The van der Waals surface area contributed by atoms with Crippen LogP contribution in [0.2, 0.25) is 0 Å². The maximum atomic E-state index is 14.0. The van der Waals surface area contributed by atoms with Crippen LogP contribution in [0, 0.1) is 5.82 Å². The first-order valence-electron chi connectivity index (χ1n) is 10.3. The molecule has 1 atom stereocenters. The molecule has 7 nitrogen and oxygen atoms in total. The number of halogens is 1. The quantitative estimate of drug-likeness (QED) is 0.539. The smallest absolute Gasteiger partial charge is 0.260 e. The van der Waals surface area contributed by atoms with Crippen LogP contribution in [-0.2, 0) is 11.3 Å². The van der Waals surface area contributed by atoms with E-state index in [9.17, 15) is 9.18 Å². The normalized spacial score (nSPS) is 16.0. The topological polar surface area (TPSA) is 77.7 Å². The molecule has 8 heteroatoms. The van der Waals surface area contributed by atoms with E-state index in [4.69, 9.17) is 14.0 Å². The monoisotopic (exact) mass is 425 g/mol. The predicted molar refractivity (Wildman–Crippen MR) is 111 cm³/mol. The second-order valence-corrected chi connectivity index (χ2v) is 7.26. The Morgan fingerprint density at radius 1 is 1.13 bits per heavy atom. The number of hydrogen-bond donors (Lipinski definition) is 0. The fourth-order valence-electron chi connectivity index (χ4n) is 3.66. The molecular formula is C23H24FN3O4. The Balaban J connectivity index is 1.47. The van der Waals surface area contributed by atoms with Crippen molar-refractivity contribution in [2.75, 3.05) is 19.8 Å². The minimum Gasteiger partial charge on any atom is -0.490 e. The van der Waals surface area contributed by atoms with Gasteiger partial charge in [0.2, 0.25) is 5.91 Å². The summed E-state index contributed by atoms with van der Waals surface area (Å²) in [6.45, 7) is 5.81. The zero-order valence-electron chi connectivity index (χ0n) is 17.5. The lowest BCUT2D eigenvalue weighted by Crippen LogP contribution is -2.24. The zero-order valence-corrected chi connectivity index (χ0v) is 17.5. The molecule has 1 unspecified atom stereocenters. The fourth-order valence-corrected chi connectivity index (χ4v) is 3.66. The molecule has 0 spiro atoms. The molecule has 4 rings (SSSR count). The summed E-state index contributed by atoms with van der Waals surface area (Å²) < 4.78 is 30.5. The number of carbonyl (C=O) groups excluding carboxylic acids is 1. The summed E-state index contributed by atoms with van der Waals surface area (Å²) in [5.41, 5.74) is 1.20. The van der Waals surface area contributed by atoms with Crippen LogP contribution in [0.5, 0.6) is 11.5 Å². The molecule has 0 aliphatic carbocycles. The third-order valence-electron chi connectivity index (χ3n) is 5.11. The highest BCUT2D eigenvalue weighted by Crippen LogP contribution is 2.32. The van der Waals surface area contributed by atoms with Gasteiger partial charge in [0.1, 0.15) is 5.82 Å². The van der Waals surface area contributed by atoms with Gasteiger partial charge >= 0.3 is 0 Å². The lowest BCUT2D eigenvalue weighted by Gasteiger charge is -2.18. The Kier molecular flexibility index (Phi) is 6.16. The van der Waals surface area contributed by atoms with Crippen molar-refractivity contribution in [1.82, 2.24) is 15.0 Å². The van der Waals surface area contributed by atoms with Gasteiger partial charge in [0, 0.05) is 25.4 Å². The van der Waals surface area contributed by atoms with Crippen LogP contribution in [-0.4, -0.2) is 40.7 Å². The number of likely N-dealkylation sites (tertiary alicyclic amines) is 1. The van der Waals surface area contributed by atoms with E-state index in [0.717, 1.165) is 5.56 Å². The number of hydrogen-bond acceptors (Lipinski definition) is 6. The Morgan fingerprint density at radius 2 is 1.90 bits per heavy atom. The second kappa shape index (κ2) is 9.16. The van der Waals surface area contributed by atoms with E-state index in [-0.39, 0.29) is 29.7 Å². The average Bonchev–Trinajstić information content (AvgIpc) is 3.38. The van der Waals surface area contributed by atoms with Crippen LogP contribution in [0.3, 0.4) is 0 Å². The highest BCUT2D eigenvalue weighted by molar-refractivity contribution is 5.79. The lowest BCUT2D eigenvalue weighted by atomic mass is 10.1. The summed E-state index contributed by atoms with van der Waals surface area (Å²) in [6, 6.07) is 11.9. The van der Waals surface area contributed by atoms with Crippen LogP contribution in [0.25, 0.3) is 11.5 Å². The van der Waals surface area contributed by atoms with E-state index < -0.39 is 5.82 Å². The van der Waals surface area contributed by atoms with E-state index >= 15 is 0 Å². The van der Waals surface area contributed by atoms with Crippen molar-refractivity contribution in [2.45, 2.75) is 32.7 Å². The van der Waals surface area contributed by atoms with Gasteiger partial charge in [0.25, 0.3) is 5.89 Å². The van der Waals surface area contributed by atoms with Gasteiger partial charge in [-0.2, -0.15) is 4.98 Å². The summed E-state index contributed by atoms with van der Waals surface area (Å²) in [5, 5.41) is 3.99. The second-order valence-electron chi connectivity index (χ2n) is 7.26. The van der Waals surface area contributed by atoms with Gasteiger partial charge in [-0.05, 0) is 43.7 Å². The highest BCUT2D eigenvalue weighted by Gasteiger charge is 2.34. The largest absolute Gasteiger partial charge is 0.490 e. The van der Waals surface area contributed by atoms with Crippen molar-refractivity contribution in [2.24, 2.45) is 0 Å². The van der Waals surface area contributed by atoms with Gasteiger partial charge in [-0.25, -0.2) is 4.39 Å². The maximum absolute atomic E-state index is 14.0. The molecule has 1 amide bonds. The first-order chi connectivity index (χ1) is 15.1. The number of rotatable bonds is 8. The standard InChI is InChI=1S/C23H24FN3O4/c1-3-29-19-10-9-15(11-20(19)30-4-2)13-27-14-16(12-21(27)28)22-25-23(31-26-22)17-7-5-6-8-18(17)24/h5-11,16H,3-4,12-14H2,1-2H3. The summed E-state index contributed by atoms with van der Waals surface area (Å²) in [6.07, 6.45) is 0.283. The molecule has 31 heavy (non-hydrogen) atoms. The number of ether oxygens (including phenoxy) is 2. The van der Waals surface area contributed by atoms with Gasteiger partial charge in [-0.15, -0.1) is 0 Å². The van der Waals surface area contributed by atoms with Gasteiger partial charge in [0.15, 0.2) is 17.3 Å². The van der Waals surface area contributed by atoms with Gasteiger partial charge in [-0.1, -0.05) is 23.4 Å². The molecule has 2 aromatic carbocycles. The van der Waals surface area contributed by atoms with Crippen LogP contribution in [0.4, 0.5) is 4.39 Å². The Bertz CT molecular complexity index is 1070. The first-order valence-corrected chi connectivity index (χ1v) is 10.3. The molecule has 0 bridgehead atoms. The third kappa shape index (κ3) is 4.52. The number of amides is 1. The summed E-state index contributed by atoms with van der Waals surface area (Å²) in [5.74, 6) is 1.26. The number of aromatic nitrogens is 2. The van der Waals surface area contributed by atoms with E-state index in [2.05, 4.69) is 10.1 Å². The molecule has 3 aromatic rings. The van der Waals surface area contributed by atoms with Crippen molar-refractivity contribution in [3.05, 3.63) is 59.7 Å². The van der Waals surface area contributed by atoms with Gasteiger partial charge < -0.3 is 18.9 Å². The summed E-state index contributed by atoms with van der Waals surface area (Å²) in [4.78, 5) is 18.7. The molecule has 1 saturated heterocycles. The number of carbonyl (C=O) groups is 1. The number of nitrogens with zero attached hydrogens (tertiary/aromatic N) is 3. The molecule has 0 radical (unpaired) electrons. The molecule has 1 aromatic heterocycles. The molecule has 1 aliphatic rings. The molecule has 2 heterocycles. The van der Waals surface area contributed by atoms with Crippen LogP contribution < -0.4 is 9.47 Å². The number of benzene rings is 2. The molecule has 0 saturated carbocycles. The molecular weight excluding hydrogens is 401 g/mol. The van der Waals surface area contributed by atoms with Crippen LogP contribution in [0.1, 0.15) is 37.6 Å². The maximum Gasteiger partial charge on any atom is 0.260 e. The highest BCUT2D eigenvalue weighted by atomic mass is 19.1. The predicted octanol–water partition coefficient (Wildman–Crippen LogP) is 4.19. The minimum atomic E-state index is -0.428. The third-order valence-corrected chi connectivity index (χ3v) is 5.11. The van der Waals surface area contributed by atoms with Crippen LogP contribution in [0.15, 0.2) is 47.0 Å². The summed E-state index contributed by atoms with van der Waals surface area (Å²) in [7, 11) is 0. The van der Waals surface area contributed by atoms with E-state index in [1.807, 2.05) is 32.0 Å². The lowest BCUT2D eigenvalue weighted by molar-refractivity contribution is -0.128. The molecule has 162 valence electrons. The van der Waals surface area contributed by atoms with Crippen molar-refractivity contribution in [3.63, 3.8) is 0 Å². The van der Waals surface area contributed by atoms with Crippen molar-refractivity contribution < 1.29 is 23.2 Å². The Labute approximate surface area is 179 Å². The van der Waals surface area contributed by atoms with E-state index in [0.29, 0.717) is 43.6 Å². The van der Waals surface area contributed by atoms with E-state index in [1.165, 1.54) is 6.07 Å². The zero-order chi connectivity index (χ0) is 21.8. The fraction of sp³-hybridized carbons (Fsp3) is 0.348. The van der Waals surface area contributed by atoms with Gasteiger partial charge in [-0.3, -0.25) is 4.79 Å². The van der Waals surface area contributed by atoms with E-state index in [1.54, 1.807) is 23.1 Å². The van der Waals surface area contributed by atoms with Crippen molar-refractivity contribution in [3.8, 4) is 23.0 Å². The SMILES string of the molecule is CCOc1ccc(CN2CC(c3noc(-c4ccccc4F)n3)CC2=O)cc1OCC. The molecule has 0 N–H and O–H groups in total. The Morgan fingerprint density at radius 3 is 2.68 bits per heavy atom. The first kappa shape index (κ1) is 20.8. The molecule has 1 aliphatic heterocycles. The molecule has 1 fully saturated rings. The Hall–Kier alpha value is -3.42. The average molecular weight is 425 g/mol. The van der Waals surface area contributed by atoms with Crippen LogP contribution >= 0.6 is 0 Å². The van der Waals surface area contributed by atoms with Gasteiger partial charge in [0.05, 0.1) is 18.8 Å². The van der Waals surface area contributed by atoms with Crippen molar-refractivity contribution in [1.29, 1.82) is 0 Å². The van der Waals surface area contributed by atoms with Crippen molar-refractivity contribution >= 4 is 5.91 Å². The minimum absolute atomic E-state index is 0.00841. The summed E-state index contributed by atoms with van der Waals surface area (Å²) >= 11 is 0.